The Bertz CT molecular complexity index is 665. The first-order valence-corrected chi connectivity index (χ1v) is 5.96. The maximum atomic E-state index is 4.53. The van der Waals surface area contributed by atoms with Gasteiger partial charge in [-0.25, -0.2) is 4.98 Å². The van der Waals surface area contributed by atoms with Gasteiger partial charge < -0.3 is 0 Å². The molecule has 0 bridgehead atoms. The van der Waals surface area contributed by atoms with Crippen molar-refractivity contribution in [3.8, 4) is 11.4 Å². The van der Waals surface area contributed by atoms with Crippen LogP contribution in [0.1, 0.15) is 0 Å². The molecule has 0 aliphatic rings. The highest BCUT2D eigenvalue weighted by molar-refractivity contribution is 9.10. The summed E-state index contributed by atoms with van der Waals surface area (Å²) in [5.74, 6) is 0. The summed E-state index contributed by atoms with van der Waals surface area (Å²) in [6.45, 7) is 0. The minimum absolute atomic E-state index is 0.788. The van der Waals surface area contributed by atoms with Gasteiger partial charge in [0, 0.05) is 10.7 Å². The molecule has 0 aliphatic heterocycles. The number of hydrogen-bond donors (Lipinski definition) is 0. The van der Waals surface area contributed by atoms with E-state index in [1.165, 1.54) is 0 Å². The van der Waals surface area contributed by atoms with E-state index in [0.717, 1.165) is 26.9 Å². The number of halogens is 1. The van der Waals surface area contributed by atoms with E-state index in [1.807, 2.05) is 36.4 Å². The van der Waals surface area contributed by atoms with Gasteiger partial charge in [0.05, 0.1) is 22.9 Å². The zero-order valence-corrected chi connectivity index (χ0v) is 10.4. The van der Waals surface area contributed by atoms with Gasteiger partial charge >= 0.3 is 0 Å². The van der Waals surface area contributed by atoms with Gasteiger partial charge in [0.2, 0.25) is 0 Å². The van der Waals surface area contributed by atoms with Crippen molar-refractivity contribution in [1.29, 1.82) is 0 Å². The van der Waals surface area contributed by atoms with Crippen LogP contribution in [0.4, 0.5) is 0 Å². The van der Waals surface area contributed by atoms with E-state index in [9.17, 15) is 0 Å². The van der Waals surface area contributed by atoms with Crippen LogP contribution in [0.3, 0.4) is 0 Å². The van der Waals surface area contributed by atoms with Crippen LogP contribution >= 0.6 is 15.9 Å². The Morgan fingerprint density at radius 2 is 1.59 bits per heavy atom. The molecule has 2 heterocycles. The second-order valence-electron chi connectivity index (χ2n) is 3.61. The number of rotatable bonds is 1. The number of hydrogen-bond acceptors (Lipinski definition) is 3. The van der Waals surface area contributed by atoms with Gasteiger partial charge in [0.15, 0.2) is 0 Å². The van der Waals surface area contributed by atoms with Crippen molar-refractivity contribution in [3.05, 3.63) is 53.3 Å². The Morgan fingerprint density at radius 3 is 2.35 bits per heavy atom. The van der Waals surface area contributed by atoms with Crippen molar-refractivity contribution in [2.45, 2.75) is 0 Å². The monoisotopic (exact) mass is 285 g/mol. The SMILES string of the molecule is Brc1ccc(-c2cnc3ccccc3n2)nc1. The molecule has 3 rings (SSSR count). The summed E-state index contributed by atoms with van der Waals surface area (Å²) in [7, 11) is 0. The average molecular weight is 286 g/mol. The molecule has 0 aliphatic carbocycles. The Balaban J connectivity index is 2.14. The van der Waals surface area contributed by atoms with Gasteiger partial charge in [-0.3, -0.25) is 9.97 Å². The fourth-order valence-corrected chi connectivity index (χ4v) is 1.84. The fraction of sp³-hybridized carbons (Fsp3) is 0. The van der Waals surface area contributed by atoms with Crippen molar-refractivity contribution < 1.29 is 0 Å². The highest BCUT2D eigenvalue weighted by atomic mass is 79.9. The van der Waals surface area contributed by atoms with E-state index in [4.69, 9.17) is 0 Å². The number of aromatic nitrogens is 3. The van der Waals surface area contributed by atoms with Crippen LogP contribution in [-0.2, 0) is 0 Å². The molecule has 3 nitrogen and oxygen atoms in total. The molecule has 17 heavy (non-hydrogen) atoms. The van der Waals surface area contributed by atoms with Gasteiger partial charge in [-0.15, -0.1) is 0 Å². The molecule has 0 unspecified atom stereocenters. The fourth-order valence-electron chi connectivity index (χ4n) is 1.61. The molecule has 0 amide bonds. The molecule has 0 spiro atoms. The first-order valence-electron chi connectivity index (χ1n) is 5.17. The quantitative estimate of drug-likeness (QED) is 0.687. The summed E-state index contributed by atoms with van der Waals surface area (Å²) < 4.78 is 0.954. The van der Waals surface area contributed by atoms with Crippen LogP contribution in [0.25, 0.3) is 22.4 Å². The number of benzene rings is 1. The minimum atomic E-state index is 0.788. The molecule has 3 aromatic rings. The van der Waals surface area contributed by atoms with Gasteiger partial charge in [-0.1, -0.05) is 12.1 Å². The summed E-state index contributed by atoms with van der Waals surface area (Å²) in [4.78, 5) is 13.2. The van der Waals surface area contributed by atoms with Gasteiger partial charge in [-0.05, 0) is 40.2 Å². The van der Waals surface area contributed by atoms with Crippen LogP contribution in [0.5, 0.6) is 0 Å². The van der Waals surface area contributed by atoms with E-state index in [1.54, 1.807) is 12.4 Å². The number of fused-ring (bicyclic) bond motifs is 1. The maximum Gasteiger partial charge on any atom is 0.108 e. The first kappa shape index (κ1) is 10.4. The molecule has 0 atom stereocenters. The zero-order valence-electron chi connectivity index (χ0n) is 8.84. The van der Waals surface area contributed by atoms with Gasteiger partial charge in [0.1, 0.15) is 5.69 Å². The summed E-state index contributed by atoms with van der Waals surface area (Å²) in [5, 5.41) is 0. The predicted octanol–water partition coefficient (Wildman–Crippen LogP) is 3.45. The Kier molecular flexibility index (Phi) is 2.57. The van der Waals surface area contributed by atoms with E-state index < -0.39 is 0 Å². The average Bonchev–Trinajstić information content (AvgIpc) is 2.39. The van der Waals surface area contributed by atoms with Gasteiger partial charge in [-0.2, -0.15) is 0 Å². The molecular formula is C13H8BrN3. The predicted molar refractivity (Wildman–Crippen MR) is 70.5 cm³/mol. The molecule has 0 fully saturated rings. The van der Waals surface area contributed by atoms with Crippen LogP contribution in [0, 0.1) is 0 Å². The van der Waals surface area contributed by atoms with Crippen molar-refractivity contribution in [1.82, 2.24) is 15.0 Å². The standard InChI is InChI=1S/C13H8BrN3/c14-9-5-6-11(15-7-9)13-8-16-10-3-1-2-4-12(10)17-13/h1-8H. The highest BCUT2D eigenvalue weighted by Gasteiger charge is 2.03. The smallest absolute Gasteiger partial charge is 0.108 e. The van der Waals surface area contributed by atoms with Crippen molar-refractivity contribution in [3.63, 3.8) is 0 Å². The van der Waals surface area contributed by atoms with E-state index in [2.05, 4.69) is 30.9 Å². The molecule has 82 valence electrons. The van der Waals surface area contributed by atoms with Crippen molar-refractivity contribution in [2.75, 3.05) is 0 Å². The minimum Gasteiger partial charge on any atom is -0.253 e. The van der Waals surface area contributed by atoms with E-state index in [-0.39, 0.29) is 0 Å². The normalized spacial score (nSPS) is 10.6. The molecule has 0 saturated heterocycles. The summed E-state index contributed by atoms with van der Waals surface area (Å²) in [6, 6.07) is 11.7. The summed E-state index contributed by atoms with van der Waals surface area (Å²) in [5.41, 5.74) is 3.39. The lowest BCUT2D eigenvalue weighted by Crippen LogP contribution is -1.90. The van der Waals surface area contributed by atoms with Gasteiger partial charge in [0.25, 0.3) is 0 Å². The van der Waals surface area contributed by atoms with E-state index >= 15 is 0 Å². The summed E-state index contributed by atoms with van der Waals surface area (Å²) >= 11 is 3.36. The van der Waals surface area contributed by atoms with E-state index in [0.29, 0.717) is 0 Å². The first-order chi connectivity index (χ1) is 8.33. The third kappa shape index (κ3) is 2.03. The number of pyridine rings is 1. The molecule has 4 heteroatoms. The largest absolute Gasteiger partial charge is 0.253 e. The Morgan fingerprint density at radius 1 is 0.765 bits per heavy atom. The lowest BCUT2D eigenvalue weighted by Gasteiger charge is -2.01. The Labute approximate surface area is 107 Å². The number of nitrogens with zero attached hydrogens (tertiary/aromatic N) is 3. The molecule has 0 saturated carbocycles. The molecule has 1 aromatic carbocycles. The molecule has 2 aromatic heterocycles. The van der Waals surface area contributed by atoms with Crippen LogP contribution in [-0.4, -0.2) is 15.0 Å². The van der Waals surface area contributed by atoms with Crippen LogP contribution < -0.4 is 0 Å². The topological polar surface area (TPSA) is 38.7 Å². The molecule has 0 radical (unpaired) electrons. The molecule has 0 N–H and O–H groups in total. The third-order valence-corrected chi connectivity index (χ3v) is 2.91. The second kappa shape index (κ2) is 4.22. The van der Waals surface area contributed by atoms with Crippen molar-refractivity contribution >= 4 is 27.0 Å². The van der Waals surface area contributed by atoms with Crippen LogP contribution in [0.2, 0.25) is 0 Å². The van der Waals surface area contributed by atoms with Crippen LogP contribution in [0.15, 0.2) is 53.3 Å². The third-order valence-electron chi connectivity index (χ3n) is 2.44. The zero-order chi connectivity index (χ0) is 11.7. The highest BCUT2D eigenvalue weighted by Crippen LogP contribution is 2.18. The number of para-hydroxylation sites is 2. The molecular weight excluding hydrogens is 278 g/mol. The lowest BCUT2D eigenvalue weighted by molar-refractivity contribution is 1.23. The second-order valence-corrected chi connectivity index (χ2v) is 4.52. The summed E-state index contributed by atoms with van der Waals surface area (Å²) in [6.07, 6.45) is 3.50. The lowest BCUT2D eigenvalue weighted by atomic mass is 10.2. The Hall–Kier alpha value is -1.81. The van der Waals surface area contributed by atoms with Crippen molar-refractivity contribution in [2.24, 2.45) is 0 Å². The maximum absolute atomic E-state index is 4.53.